The van der Waals surface area contributed by atoms with Gasteiger partial charge in [-0.2, -0.15) is 0 Å². The van der Waals surface area contributed by atoms with Gasteiger partial charge >= 0.3 is 0 Å². The number of unbranched alkanes of at least 4 members (excludes halogenated alkanes) is 1. The van der Waals surface area contributed by atoms with Crippen LogP contribution in [0, 0.1) is 6.92 Å². The van der Waals surface area contributed by atoms with Crippen LogP contribution >= 0.6 is 0 Å². The van der Waals surface area contributed by atoms with Crippen LogP contribution in [0.5, 0.6) is 5.75 Å². The van der Waals surface area contributed by atoms with Crippen LogP contribution < -0.4 is 14.7 Å². The van der Waals surface area contributed by atoms with Crippen molar-refractivity contribution in [1.82, 2.24) is 9.88 Å². The average Bonchev–Trinajstić information content (AvgIpc) is 3.03. The number of Topliss-reactive ketones (excluding diaryl/α,β-unsaturated/α-hetero) is 1. The summed E-state index contributed by atoms with van der Waals surface area (Å²) in [4.78, 5) is 32.5. The predicted octanol–water partition coefficient (Wildman–Crippen LogP) is 0.937. The molecule has 0 radical (unpaired) electrons. The third-order valence-corrected chi connectivity index (χ3v) is 5.60. The van der Waals surface area contributed by atoms with E-state index in [1.807, 2.05) is 21.0 Å². The van der Waals surface area contributed by atoms with Gasteiger partial charge in [-0.3, -0.25) is 14.6 Å². The van der Waals surface area contributed by atoms with Gasteiger partial charge in [0, 0.05) is 18.0 Å². The molecular formula is C25H31N3O4. The Balaban J connectivity index is 2.03. The first-order chi connectivity index (χ1) is 15.3. The highest BCUT2D eigenvalue weighted by atomic mass is 16.5. The lowest BCUT2D eigenvalue weighted by molar-refractivity contribution is -0.857. The average molecular weight is 438 g/mol. The van der Waals surface area contributed by atoms with Gasteiger partial charge in [0.25, 0.3) is 5.91 Å². The fourth-order valence-corrected chi connectivity index (χ4v) is 3.77. The van der Waals surface area contributed by atoms with Crippen LogP contribution in [0.1, 0.15) is 42.5 Å². The van der Waals surface area contributed by atoms with Gasteiger partial charge in [0.1, 0.15) is 5.75 Å². The summed E-state index contributed by atoms with van der Waals surface area (Å²) in [6.45, 7) is 5.61. The molecule has 0 saturated carbocycles. The maximum atomic E-state index is 13.5. The largest absolute Gasteiger partial charge is 0.872 e. The molecule has 1 amide bonds. The number of likely N-dealkylation sites (N-methyl/N-ethyl adjacent to an activating group) is 1. The van der Waals surface area contributed by atoms with Gasteiger partial charge < -0.3 is 19.6 Å². The molecule has 1 aromatic carbocycles. The summed E-state index contributed by atoms with van der Waals surface area (Å²) in [5.41, 5.74) is 1.89. The van der Waals surface area contributed by atoms with Crippen molar-refractivity contribution >= 4 is 17.4 Å². The van der Waals surface area contributed by atoms with Gasteiger partial charge in [-0.15, -0.1) is 0 Å². The molecule has 0 spiro atoms. The standard InChI is InChI=1S/C25H31N3O4/c1-5-6-15-32-20-8-7-19(16-17(20)2)23(29)21-22(18-9-11-26-12-10-18)28(14-13-27(3)4)25(31)24(21)30/h7-12,16,22,29H,5-6,13-15H2,1-4H3. The summed E-state index contributed by atoms with van der Waals surface area (Å²) in [5.74, 6) is -1.07. The van der Waals surface area contributed by atoms with Gasteiger partial charge in [-0.1, -0.05) is 25.2 Å². The summed E-state index contributed by atoms with van der Waals surface area (Å²) in [6.07, 6.45) is 5.19. The Hall–Kier alpha value is -3.19. The highest BCUT2D eigenvalue weighted by molar-refractivity contribution is 6.46. The fourth-order valence-electron chi connectivity index (χ4n) is 3.77. The van der Waals surface area contributed by atoms with Crippen molar-refractivity contribution in [2.75, 3.05) is 33.8 Å². The molecule has 1 saturated heterocycles. The molecule has 1 unspecified atom stereocenters. The van der Waals surface area contributed by atoms with E-state index in [1.54, 1.807) is 42.7 Å². The smallest absolute Gasteiger partial charge is 0.295 e. The molecule has 0 aliphatic carbocycles. The van der Waals surface area contributed by atoms with Crippen molar-refractivity contribution in [2.24, 2.45) is 0 Å². The summed E-state index contributed by atoms with van der Waals surface area (Å²) in [7, 11) is 3.96. The van der Waals surface area contributed by atoms with E-state index in [9.17, 15) is 14.7 Å². The van der Waals surface area contributed by atoms with E-state index in [0.717, 1.165) is 29.1 Å². The van der Waals surface area contributed by atoms with Crippen LogP contribution in [-0.2, 0) is 9.59 Å². The van der Waals surface area contributed by atoms with Crippen LogP contribution in [0.3, 0.4) is 0 Å². The number of benzene rings is 1. The molecule has 7 heteroatoms. The first kappa shape index (κ1) is 23.5. The molecule has 1 aromatic heterocycles. The van der Waals surface area contributed by atoms with Crippen molar-refractivity contribution < 1.29 is 24.3 Å². The molecule has 2 heterocycles. The molecule has 2 aromatic rings. The minimum absolute atomic E-state index is 0.00555. The Bertz CT molecular complexity index is 1000. The van der Waals surface area contributed by atoms with E-state index >= 15 is 0 Å². The van der Waals surface area contributed by atoms with E-state index in [0.29, 0.717) is 30.8 Å². The van der Waals surface area contributed by atoms with Crippen LogP contribution in [0.15, 0.2) is 48.3 Å². The van der Waals surface area contributed by atoms with E-state index in [4.69, 9.17) is 4.74 Å². The van der Waals surface area contributed by atoms with E-state index in [1.165, 1.54) is 4.90 Å². The van der Waals surface area contributed by atoms with Gasteiger partial charge in [0.05, 0.1) is 39.8 Å². The predicted molar refractivity (Wildman–Crippen MR) is 120 cm³/mol. The number of nitrogens with zero attached hydrogens (tertiary/aromatic N) is 2. The zero-order chi connectivity index (χ0) is 23.3. The lowest BCUT2D eigenvalue weighted by Crippen LogP contribution is -3.06. The number of ether oxygens (including phenoxy) is 1. The van der Waals surface area contributed by atoms with Crippen molar-refractivity contribution in [1.29, 1.82) is 0 Å². The lowest BCUT2D eigenvalue weighted by atomic mass is 9.95. The van der Waals surface area contributed by atoms with Gasteiger partial charge in [0.15, 0.2) is 0 Å². The molecule has 32 heavy (non-hydrogen) atoms. The zero-order valence-electron chi connectivity index (χ0n) is 19.2. The third kappa shape index (κ3) is 4.99. The van der Waals surface area contributed by atoms with Gasteiger partial charge in [0.2, 0.25) is 5.78 Å². The number of hydrogen-bond donors (Lipinski definition) is 1. The fraction of sp³-hybridized carbons (Fsp3) is 0.400. The minimum Gasteiger partial charge on any atom is -0.872 e. The number of amides is 1. The van der Waals surface area contributed by atoms with Crippen LogP contribution in [0.25, 0.3) is 5.76 Å². The second kappa shape index (κ2) is 10.4. The number of aryl methyl sites for hydroxylation is 1. The Morgan fingerprint density at radius 3 is 2.53 bits per heavy atom. The number of rotatable bonds is 9. The third-order valence-electron chi connectivity index (χ3n) is 5.60. The summed E-state index contributed by atoms with van der Waals surface area (Å²) >= 11 is 0. The molecule has 1 fully saturated rings. The number of likely N-dealkylation sites (tertiary alicyclic amines) is 1. The molecule has 7 nitrogen and oxygen atoms in total. The molecule has 1 aliphatic rings. The van der Waals surface area contributed by atoms with E-state index < -0.39 is 23.5 Å². The van der Waals surface area contributed by atoms with Crippen molar-refractivity contribution in [3.63, 3.8) is 0 Å². The zero-order valence-corrected chi connectivity index (χ0v) is 19.2. The number of quaternary nitrogens is 1. The molecule has 1 aliphatic heterocycles. The monoisotopic (exact) mass is 437 g/mol. The number of hydrogen-bond acceptors (Lipinski definition) is 5. The van der Waals surface area contributed by atoms with Gasteiger partial charge in [-0.05, 0) is 54.3 Å². The first-order valence-electron chi connectivity index (χ1n) is 11.0. The lowest BCUT2D eigenvalue weighted by Gasteiger charge is -2.27. The second-order valence-electron chi connectivity index (χ2n) is 8.39. The maximum Gasteiger partial charge on any atom is 0.295 e. The van der Waals surface area contributed by atoms with Crippen molar-refractivity contribution in [2.45, 2.75) is 32.7 Å². The summed E-state index contributed by atoms with van der Waals surface area (Å²) in [5, 5.41) is 13.5. The number of carbonyl (C=O) groups is 2. The minimum atomic E-state index is -0.730. The summed E-state index contributed by atoms with van der Waals surface area (Å²) in [6, 6.07) is 7.92. The Morgan fingerprint density at radius 1 is 1.19 bits per heavy atom. The Morgan fingerprint density at radius 2 is 1.91 bits per heavy atom. The maximum absolute atomic E-state index is 13.5. The number of aromatic nitrogens is 1. The first-order valence-corrected chi connectivity index (χ1v) is 11.0. The highest BCUT2D eigenvalue weighted by Gasteiger charge is 2.44. The number of pyridine rings is 1. The molecule has 0 bridgehead atoms. The number of carbonyl (C=O) groups excluding carboxylic acids is 2. The molecule has 1 N–H and O–H groups in total. The molecule has 1 atom stereocenters. The number of nitrogens with one attached hydrogen (secondary N) is 1. The normalized spacial score (nSPS) is 17.9. The topological polar surface area (TPSA) is 87.0 Å². The molecule has 170 valence electrons. The highest BCUT2D eigenvalue weighted by Crippen LogP contribution is 2.38. The second-order valence-corrected chi connectivity index (χ2v) is 8.39. The van der Waals surface area contributed by atoms with Crippen molar-refractivity contribution in [3.05, 3.63) is 65.0 Å². The molecule has 3 rings (SSSR count). The van der Waals surface area contributed by atoms with Crippen LogP contribution in [0.4, 0.5) is 0 Å². The van der Waals surface area contributed by atoms with Crippen LogP contribution in [-0.4, -0.2) is 55.4 Å². The quantitative estimate of drug-likeness (QED) is 0.273. The Labute approximate surface area is 189 Å². The Kier molecular flexibility index (Phi) is 7.64. The van der Waals surface area contributed by atoms with Gasteiger partial charge in [-0.25, -0.2) is 0 Å². The number of ketones is 1. The van der Waals surface area contributed by atoms with E-state index in [-0.39, 0.29) is 5.57 Å². The van der Waals surface area contributed by atoms with Crippen molar-refractivity contribution in [3.8, 4) is 5.75 Å². The SMILES string of the molecule is CCCCOc1ccc(C([O-])=C2C(=O)C(=O)N(CC[NH+](C)C)C2c2ccncc2)cc1C. The molecular weight excluding hydrogens is 406 g/mol. The van der Waals surface area contributed by atoms with Crippen LogP contribution in [0.2, 0.25) is 0 Å². The van der Waals surface area contributed by atoms with E-state index in [2.05, 4.69) is 11.9 Å². The summed E-state index contributed by atoms with van der Waals surface area (Å²) < 4.78 is 5.78.